The Morgan fingerprint density at radius 2 is 1.82 bits per heavy atom. The summed E-state index contributed by atoms with van der Waals surface area (Å²) in [6, 6.07) is 9.99. The van der Waals surface area contributed by atoms with Gasteiger partial charge in [-0.1, -0.05) is 30.3 Å². The first kappa shape index (κ1) is 18.5. The second kappa shape index (κ2) is 8.15. The molecule has 1 atom stereocenters. The number of amides is 2. The standard InChI is InChI=1S/C17H29N3O2/c1-17(2,22-6)13-18-16(21)20(5)15(12-19(3)4)14-10-8-7-9-11-14/h7-11,15H,12-13H2,1-6H3,(H,18,21)/t15-/m1/s1. The number of carbonyl (C=O) groups is 1. The van der Waals surface area contributed by atoms with E-state index >= 15 is 0 Å². The molecule has 0 aliphatic rings. The second-order valence-corrected chi connectivity index (χ2v) is 6.42. The Kier molecular flexibility index (Phi) is 6.84. The number of urea groups is 1. The Bertz CT molecular complexity index is 460. The van der Waals surface area contributed by atoms with Gasteiger partial charge in [0.1, 0.15) is 0 Å². The van der Waals surface area contributed by atoms with E-state index in [-0.39, 0.29) is 17.7 Å². The number of likely N-dealkylation sites (N-methyl/N-ethyl adjacent to an activating group) is 2. The summed E-state index contributed by atoms with van der Waals surface area (Å²) < 4.78 is 5.34. The number of methoxy groups -OCH3 is 1. The second-order valence-electron chi connectivity index (χ2n) is 6.42. The van der Waals surface area contributed by atoms with Crippen molar-refractivity contribution >= 4 is 6.03 Å². The summed E-state index contributed by atoms with van der Waals surface area (Å²) in [6.07, 6.45) is 0. The molecule has 1 aromatic rings. The van der Waals surface area contributed by atoms with Crippen molar-refractivity contribution in [2.45, 2.75) is 25.5 Å². The average Bonchev–Trinajstić information content (AvgIpc) is 2.50. The molecule has 22 heavy (non-hydrogen) atoms. The molecule has 0 fully saturated rings. The van der Waals surface area contributed by atoms with E-state index in [1.165, 1.54) is 0 Å². The Morgan fingerprint density at radius 1 is 1.23 bits per heavy atom. The van der Waals surface area contributed by atoms with E-state index in [9.17, 15) is 4.79 Å². The molecule has 0 spiro atoms. The Hall–Kier alpha value is -1.59. The smallest absolute Gasteiger partial charge is 0.317 e. The van der Waals surface area contributed by atoms with Crippen LogP contribution in [-0.4, -0.2) is 62.8 Å². The predicted molar refractivity (Wildman–Crippen MR) is 90.0 cm³/mol. The number of nitrogens with one attached hydrogen (secondary N) is 1. The lowest BCUT2D eigenvalue weighted by Crippen LogP contribution is -2.47. The third-order valence-corrected chi connectivity index (χ3v) is 3.73. The van der Waals surface area contributed by atoms with E-state index in [2.05, 4.69) is 22.3 Å². The van der Waals surface area contributed by atoms with Crippen LogP contribution in [0.4, 0.5) is 4.79 Å². The molecule has 2 amide bonds. The van der Waals surface area contributed by atoms with Gasteiger partial charge in [-0.2, -0.15) is 0 Å². The van der Waals surface area contributed by atoms with Gasteiger partial charge >= 0.3 is 6.03 Å². The van der Waals surface area contributed by atoms with Crippen LogP contribution in [0.3, 0.4) is 0 Å². The molecule has 0 radical (unpaired) electrons. The van der Waals surface area contributed by atoms with E-state index in [4.69, 9.17) is 4.74 Å². The number of ether oxygens (including phenoxy) is 1. The van der Waals surface area contributed by atoms with Crippen LogP contribution in [0.1, 0.15) is 25.5 Å². The summed E-state index contributed by atoms with van der Waals surface area (Å²) in [5.41, 5.74) is 0.750. The molecule has 5 nitrogen and oxygen atoms in total. The normalized spacial score (nSPS) is 13.0. The maximum absolute atomic E-state index is 12.4. The molecule has 0 saturated heterocycles. The zero-order valence-corrected chi connectivity index (χ0v) is 14.6. The highest BCUT2D eigenvalue weighted by atomic mass is 16.5. The summed E-state index contributed by atoms with van der Waals surface area (Å²) in [6.45, 7) is 5.13. The van der Waals surface area contributed by atoms with Gasteiger partial charge in [0.2, 0.25) is 0 Å². The highest BCUT2D eigenvalue weighted by molar-refractivity contribution is 5.74. The third-order valence-electron chi connectivity index (χ3n) is 3.73. The van der Waals surface area contributed by atoms with E-state index < -0.39 is 0 Å². The van der Waals surface area contributed by atoms with Crippen molar-refractivity contribution in [3.8, 4) is 0 Å². The van der Waals surface area contributed by atoms with Crippen molar-refractivity contribution < 1.29 is 9.53 Å². The molecule has 0 bridgehead atoms. The molecule has 1 aromatic carbocycles. The molecular weight excluding hydrogens is 278 g/mol. The van der Waals surface area contributed by atoms with Crippen LogP contribution in [0.15, 0.2) is 30.3 Å². The summed E-state index contributed by atoms with van der Waals surface area (Å²) in [7, 11) is 7.50. The highest BCUT2D eigenvalue weighted by Gasteiger charge is 2.24. The first-order valence-electron chi connectivity index (χ1n) is 7.52. The van der Waals surface area contributed by atoms with Gasteiger partial charge in [-0.3, -0.25) is 0 Å². The van der Waals surface area contributed by atoms with Crippen LogP contribution in [0.2, 0.25) is 0 Å². The number of nitrogens with zero attached hydrogens (tertiary/aromatic N) is 2. The van der Waals surface area contributed by atoms with E-state index in [1.807, 2.05) is 53.2 Å². The van der Waals surface area contributed by atoms with Crippen molar-refractivity contribution in [3.63, 3.8) is 0 Å². The van der Waals surface area contributed by atoms with E-state index in [1.54, 1.807) is 12.0 Å². The van der Waals surface area contributed by atoms with Gasteiger partial charge in [0.15, 0.2) is 0 Å². The van der Waals surface area contributed by atoms with Crippen molar-refractivity contribution in [1.29, 1.82) is 0 Å². The Balaban J connectivity index is 2.79. The van der Waals surface area contributed by atoms with Crippen LogP contribution < -0.4 is 5.32 Å². The molecule has 124 valence electrons. The molecule has 0 heterocycles. The summed E-state index contributed by atoms with van der Waals surface area (Å²) >= 11 is 0. The fourth-order valence-electron chi connectivity index (χ4n) is 2.10. The number of hydrogen-bond acceptors (Lipinski definition) is 3. The number of carbonyl (C=O) groups excluding carboxylic acids is 1. The minimum Gasteiger partial charge on any atom is -0.377 e. The van der Waals surface area contributed by atoms with Crippen LogP contribution in [0.5, 0.6) is 0 Å². The quantitative estimate of drug-likeness (QED) is 0.841. The minimum absolute atomic E-state index is 0.00172. The minimum atomic E-state index is -0.375. The van der Waals surface area contributed by atoms with Gasteiger partial charge < -0.3 is 19.9 Å². The summed E-state index contributed by atoms with van der Waals surface area (Å²) in [5.74, 6) is 0. The highest BCUT2D eigenvalue weighted by Crippen LogP contribution is 2.20. The van der Waals surface area contributed by atoms with Crippen molar-refractivity contribution in [2.24, 2.45) is 0 Å². The zero-order chi connectivity index (χ0) is 16.8. The monoisotopic (exact) mass is 307 g/mol. The molecule has 1 N–H and O–H groups in total. The number of benzene rings is 1. The molecule has 0 aliphatic heterocycles. The third kappa shape index (κ3) is 5.66. The lowest BCUT2D eigenvalue weighted by atomic mass is 10.1. The largest absolute Gasteiger partial charge is 0.377 e. The first-order chi connectivity index (χ1) is 10.3. The summed E-state index contributed by atoms with van der Waals surface area (Å²) in [4.78, 5) is 16.3. The van der Waals surface area contributed by atoms with Crippen LogP contribution in [-0.2, 0) is 4.74 Å². The lowest BCUT2D eigenvalue weighted by Gasteiger charge is -2.32. The number of rotatable bonds is 7. The fraction of sp³-hybridized carbons (Fsp3) is 0.588. The van der Waals surface area contributed by atoms with Crippen LogP contribution >= 0.6 is 0 Å². The molecule has 5 heteroatoms. The van der Waals surface area contributed by atoms with E-state index in [0.29, 0.717) is 6.54 Å². The van der Waals surface area contributed by atoms with Crippen molar-refractivity contribution in [3.05, 3.63) is 35.9 Å². The van der Waals surface area contributed by atoms with Gasteiger partial charge in [0.05, 0.1) is 11.6 Å². The van der Waals surface area contributed by atoms with E-state index in [0.717, 1.165) is 12.1 Å². The summed E-state index contributed by atoms with van der Waals surface area (Å²) in [5, 5.41) is 2.94. The maximum atomic E-state index is 12.4. The SMILES string of the molecule is COC(C)(C)CNC(=O)N(C)[C@H](CN(C)C)c1ccccc1. The van der Waals surface area contributed by atoms with Crippen LogP contribution in [0, 0.1) is 0 Å². The Morgan fingerprint density at radius 3 is 2.32 bits per heavy atom. The molecule has 0 unspecified atom stereocenters. The first-order valence-corrected chi connectivity index (χ1v) is 7.52. The van der Waals surface area contributed by atoms with Crippen molar-refractivity contribution in [1.82, 2.24) is 15.1 Å². The van der Waals surface area contributed by atoms with Gasteiger partial charge in [-0.25, -0.2) is 4.79 Å². The molecule has 1 rings (SSSR count). The Labute approximate surface area is 134 Å². The molecular formula is C17H29N3O2. The molecule has 0 aliphatic carbocycles. The van der Waals surface area contributed by atoms with Gasteiger partial charge in [0, 0.05) is 27.2 Å². The molecule has 0 aromatic heterocycles. The fourth-order valence-corrected chi connectivity index (χ4v) is 2.10. The van der Waals surface area contributed by atoms with Gasteiger partial charge in [-0.05, 0) is 33.5 Å². The topological polar surface area (TPSA) is 44.8 Å². The average molecular weight is 307 g/mol. The predicted octanol–water partition coefficient (Wildman–Crippen LogP) is 2.36. The zero-order valence-electron chi connectivity index (χ0n) is 14.6. The van der Waals surface area contributed by atoms with Crippen LogP contribution in [0.25, 0.3) is 0 Å². The van der Waals surface area contributed by atoms with Gasteiger partial charge in [-0.15, -0.1) is 0 Å². The van der Waals surface area contributed by atoms with Crippen molar-refractivity contribution in [2.75, 3.05) is 41.3 Å². The maximum Gasteiger partial charge on any atom is 0.317 e. The molecule has 0 saturated carbocycles. The number of hydrogen-bond donors (Lipinski definition) is 1. The van der Waals surface area contributed by atoms with Gasteiger partial charge in [0.25, 0.3) is 0 Å². The lowest BCUT2D eigenvalue weighted by molar-refractivity contribution is 0.0240.